The molecule has 0 radical (unpaired) electrons. The van der Waals surface area contributed by atoms with Crippen LogP contribution >= 0.6 is 11.8 Å². The van der Waals surface area contributed by atoms with Crippen LogP contribution in [-0.2, 0) is 0 Å². The fraction of sp³-hybridized carbons (Fsp3) is 0.250. The van der Waals surface area contributed by atoms with E-state index >= 15 is 0 Å². The third kappa shape index (κ3) is 2.05. The van der Waals surface area contributed by atoms with Crippen LogP contribution in [0.3, 0.4) is 0 Å². The van der Waals surface area contributed by atoms with E-state index in [1.165, 1.54) is 0 Å². The zero-order valence-electron chi connectivity index (χ0n) is 6.66. The number of rotatable bonds is 2. The predicted octanol–water partition coefficient (Wildman–Crippen LogP) is 2.15. The first-order chi connectivity index (χ1) is 5.26. The minimum Gasteiger partial charge on any atom is -0.228 e. The Bertz CT molecular complexity index is 271. The van der Waals surface area contributed by atoms with E-state index in [4.69, 9.17) is 0 Å². The number of hydrogen-bond acceptors (Lipinski definition) is 3. The summed E-state index contributed by atoms with van der Waals surface area (Å²) < 4.78 is 0. The quantitative estimate of drug-likeness (QED) is 0.497. The van der Waals surface area contributed by atoms with Crippen molar-refractivity contribution in [1.29, 1.82) is 0 Å². The summed E-state index contributed by atoms with van der Waals surface area (Å²) in [6.45, 7) is 5.60. The molecule has 0 aliphatic heterocycles. The normalized spacial score (nSPS) is 9.64. The molecule has 0 fully saturated rings. The zero-order valence-corrected chi connectivity index (χ0v) is 7.48. The molecule has 0 bridgehead atoms. The maximum absolute atomic E-state index is 4.20. The number of thioether (sulfide) groups is 1. The van der Waals surface area contributed by atoms with Gasteiger partial charge < -0.3 is 0 Å². The highest BCUT2D eigenvalue weighted by molar-refractivity contribution is 7.98. The molecule has 0 amide bonds. The molecule has 0 unspecified atom stereocenters. The van der Waals surface area contributed by atoms with Crippen LogP contribution in [0.25, 0.3) is 6.08 Å². The molecule has 0 aliphatic carbocycles. The smallest absolute Gasteiger partial charge is 0.188 e. The van der Waals surface area contributed by atoms with Crippen molar-refractivity contribution < 1.29 is 0 Å². The van der Waals surface area contributed by atoms with Gasteiger partial charge in [-0.25, -0.2) is 9.97 Å². The van der Waals surface area contributed by atoms with Gasteiger partial charge in [0.05, 0.1) is 5.69 Å². The summed E-state index contributed by atoms with van der Waals surface area (Å²) in [6, 6.07) is 1.91. The van der Waals surface area contributed by atoms with Crippen molar-refractivity contribution in [2.24, 2.45) is 0 Å². The third-order valence-electron chi connectivity index (χ3n) is 1.25. The lowest BCUT2D eigenvalue weighted by Gasteiger charge is -1.98. The van der Waals surface area contributed by atoms with Gasteiger partial charge in [0.1, 0.15) is 0 Å². The Morgan fingerprint density at radius 2 is 2.27 bits per heavy atom. The van der Waals surface area contributed by atoms with E-state index in [1.807, 2.05) is 19.2 Å². The summed E-state index contributed by atoms with van der Waals surface area (Å²) in [5, 5.41) is 0.805. The van der Waals surface area contributed by atoms with Crippen molar-refractivity contribution in [3.8, 4) is 0 Å². The SMILES string of the molecule is C=Cc1cc(C)nc(SC)n1. The molecule has 11 heavy (non-hydrogen) atoms. The number of aromatic nitrogens is 2. The Hall–Kier alpha value is -0.830. The summed E-state index contributed by atoms with van der Waals surface area (Å²) in [5.74, 6) is 0. The molecule has 0 aliphatic rings. The van der Waals surface area contributed by atoms with Crippen molar-refractivity contribution in [2.45, 2.75) is 12.1 Å². The van der Waals surface area contributed by atoms with Gasteiger partial charge in [0, 0.05) is 5.69 Å². The Morgan fingerprint density at radius 1 is 1.55 bits per heavy atom. The molecule has 2 nitrogen and oxygen atoms in total. The summed E-state index contributed by atoms with van der Waals surface area (Å²) in [5.41, 5.74) is 1.88. The van der Waals surface area contributed by atoms with E-state index in [9.17, 15) is 0 Å². The van der Waals surface area contributed by atoms with Gasteiger partial charge >= 0.3 is 0 Å². The number of aryl methyl sites for hydroxylation is 1. The van der Waals surface area contributed by atoms with Crippen LogP contribution in [-0.4, -0.2) is 16.2 Å². The lowest BCUT2D eigenvalue weighted by Crippen LogP contribution is -1.91. The maximum Gasteiger partial charge on any atom is 0.188 e. The minimum absolute atomic E-state index is 0.805. The average molecular weight is 166 g/mol. The topological polar surface area (TPSA) is 25.8 Å². The lowest BCUT2D eigenvalue weighted by atomic mass is 10.3. The second kappa shape index (κ2) is 3.53. The Labute approximate surface area is 70.8 Å². The van der Waals surface area contributed by atoms with Crippen LogP contribution < -0.4 is 0 Å². The van der Waals surface area contributed by atoms with Gasteiger partial charge in [-0.3, -0.25) is 0 Å². The molecule has 0 saturated heterocycles. The fourth-order valence-corrected chi connectivity index (χ4v) is 1.19. The van der Waals surface area contributed by atoms with Gasteiger partial charge in [0.15, 0.2) is 5.16 Å². The minimum atomic E-state index is 0.805. The van der Waals surface area contributed by atoms with Gasteiger partial charge in [-0.05, 0) is 25.3 Å². The second-order valence-corrected chi connectivity index (χ2v) is 2.90. The first-order valence-corrected chi connectivity index (χ1v) is 4.51. The van der Waals surface area contributed by atoms with Crippen molar-refractivity contribution in [3.05, 3.63) is 24.0 Å². The first kappa shape index (κ1) is 8.27. The summed E-state index contributed by atoms with van der Waals surface area (Å²) in [7, 11) is 0. The standard InChI is InChI=1S/C8H10N2S/c1-4-7-5-6(2)9-8(10-7)11-3/h4-5H,1H2,2-3H3. The van der Waals surface area contributed by atoms with E-state index in [1.54, 1.807) is 17.8 Å². The Balaban J connectivity index is 3.11. The van der Waals surface area contributed by atoms with Crippen molar-refractivity contribution >= 4 is 17.8 Å². The van der Waals surface area contributed by atoms with Crippen LogP contribution in [0.1, 0.15) is 11.4 Å². The molecule has 0 spiro atoms. The Morgan fingerprint density at radius 3 is 2.82 bits per heavy atom. The molecule has 1 heterocycles. The fourth-order valence-electron chi connectivity index (χ4n) is 0.761. The zero-order chi connectivity index (χ0) is 8.27. The van der Waals surface area contributed by atoms with E-state index in [0.29, 0.717) is 0 Å². The van der Waals surface area contributed by atoms with E-state index in [0.717, 1.165) is 16.5 Å². The van der Waals surface area contributed by atoms with E-state index in [-0.39, 0.29) is 0 Å². The molecular weight excluding hydrogens is 156 g/mol. The van der Waals surface area contributed by atoms with Gasteiger partial charge in [-0.15, -0.1) is 0 Å². The molecule has 0 aromatic carbocycles. The summed E-state index contributed by atoms with van der Waals surface area (Å²) >= 11 is 1.54. The maximum atomic E-state index is 4.20. The highest BCUT2D eigenvalue weighted by Gasteiger charge is 1.96. The molecule has 0 N–H and O–H groups in total. The monoisotopic (exact) mass is 166 g/mol. The van der Waals surface area contributed by atoms with Gasteiger partial charge in [-0.1, -0.05) is 18.3 Å². The molecule has 1 rings (SSSR count). The molecule has 1 aromatic heterocycles. The highest BCUT2D eigenvalue weighted by atomic mass is 32.2. The highest BCUT2D eigenvalue weighted by Crippen LogP contribution is 2.10. The van der Waals surface area contributed by atoms with E-state index in [2.05, 4.69) is 16.5 Å². The van der Waals surface area contributed by atoms with Gasteiger partial charge in [-0.2, -0.15) is 0 Å². The van der Waals surface area contributed by atoms with Crippen LogP contribution in [0.4, 0.5) is 0 Å². The largest absolute Gasteiger partial charge is 0.228 e. The predicted molar refractivity (Wildman–Crippen MR) is 48.6 cm³/mol. The molecule has 58 valence electrons. The third-order valence-corrected chi connectivity index (χ3v) is 1.79. The number of nitrogens with zero attached hydrogens (tertiary/aromatic N) is 2. The summed E-state index contributed by atoms with van der Waals surface area (Å²) in [4.78, 5) is 8.41. The summed E-state index contributed by atoms with van der Waals surface area (Å²) in [6.07, 6.45) is 3.69. The van der Waals surface area contributed by atoms with Gasteiger partial charge in [0.25, 0.3) is 0 Å². The first-order valence-electron chi connectivity index (χ1n) is 3.28. The van der Waals surface area contributed by atoms with Crippen LogP contribution in [0, 0.1) is 6.92 Å². The second-order valence-electron chi connectivity index (χ2n) is 2.13. The van der Waals surface area contributed by atoms with Crippen molar-refractivity contribution in [3.63, 3.8) is 0 Å². The van der Waals surface area contributed by atoms with Crippen molar-refractivity contribution in [1.82, 2.24) is 9.97 Å². The van der Waals surface area contributed by atoms with Gasteiger partial charge in [0.2, 0.25) is 0 Å². The van der Waals surface area contributed by atoms with Crippen LogP contribution in [0.5, 0.6) is 0 Å². The molecule has 3 heteroatoms. The lowest BCUT2D eigenvalue weighted by molar-refractivity contribution is 0.927. The van der Waals surface area contributed by atoms with E-state index < -0.39 is 0 Å². The Kier molecular flexibility index (Phi) is 2.65. The molecular formula is C8H10N2S. The van der Waals surface area contributed by atoms with Crippen molar-refractivity contribution in [2.75, 3.05) is 6.26 Å². The average Bonchev–Trinajstić information content (AvgIpc) is 2.03. The molecule has 0 saturated carbocycles. The molecule has 0 atom stereocenters. The number of hydrogen-bond donors (Lipinski definition) is 0. The van der Waals surface area contributed by atoms with Crippen LogP contribution in [0.15, 0.2) is 17.8 Å². The van der Waals surface area contributed by atoms with Crippen LogP contribution in [0.2, 0.25) is 0 Å². The molecule has 1 aromatic rings.